The molecule has 0 aromatic heterocycles. The molecule has 0 saturated heterocycles. The molecule has 0 saturated carbocycles. The number of aromatic carboxylic acids is 1. The Kier molecular flexibility index (Phi) is 3.85. The zero-order chi connectivity index (χ0) is 14.1. The van der Waals surface area contributed by atoms with Crippen LogP contribution in [-0.4, -0.2) is 28.3 Å². The number of benzene rings is 1. The third kappa shape index (κ3) is 3.13. The van der Waals surface area contributed by atoms with Crippen LogP contribution in [0, 0.1) is 0 Å². The maximum atomic E-state index is 12.0. The Labute approximate surface area is 106 Å². The molecular formula is C9H5BrF3NO4. The maximum absolute atomic E-state index is 12.0. The second-order valence-electron chi connectivity index (χ2n) is 3.11. The Bertz CT molecular complexity index is 515. The molecule has 0 unspecified atom stereocenters. The quantitative estimate of drug-likeness (QED) is 0.778. The van der Waals surface area contributed by atoms with E-state index in [-0.39, 0.29) is 4.47 Å². The number of phenols is 1. The van der Waals surface area contributed by atoms with Crippen LogP contribution >= 0.6 is 15.9 Å². The minimum Gasteiger partial charge on any atom is -0.508 e. The SMILES string of the molecule is O=C(O)c1cc(O)cc(NC(=O)C(F)(F)F)c1Br. The van der Waals surface area contributed by atoms with Gasteiger partial charge in [-0.1, -0.05) is 0 Å². The van der Waals surface area contributed by atoms with Gasteiger partial charge < -0.3 is 15.5 Å². The predicted molar refractivity (Wildman–Crippen MR) is 57.5 cm³/mol. The van der Waals surface area contributed by atoms with Gasteiger partial charge in [0.15, 0.2) is 0 Å². The van der Waals surface area contributed by atoms with Gasteiger partial charge in [-0.2, -0.15) is 13.2 Å². The van der Waals surface area contributed by atoms with Crippen LogP contribution < -0.4 is 5.32 Å². The van der Waals surface area contributed by atoms with E-state index in [2.05, 4.69) is 15.9 Å². The zero-order valence-electron chi connectivity index (χ0n) is 8.38. The smallest absolute Gasteiger partial charge is 0.471 e. The summed E-state index contributed by atoms with van der Waals surface area (Å²) >= 11 is 2.74. The maximum Gasteiger partial charge on any atom is 0.471 e. The van der Waals surface area contributed by atoms with Crippen LogP contribution in [0.2, 0.25) is 0 Å². The number of carboxylic acid groups (broad SMARTS) is 1. The average Bonchev–Trinajstić information content (AvgIpc) is 2.21. The number of hydrogen-bond donors (Lipinski definition) is 3. The molecular weight excluding hydrogens is 323 g/mol. The van der Waals surface area contributed by atoms with Gasteiger partial charge >= 0.3 is 18.1 Å². The summed E-state index contributed by atoms with van der Waals surface area (Å²) in [5, 5.41) is 19.4. The van der Waals surface area contributed by atoms with Crippen molar-refractivity contribution in [3.63, 3.8) is 0 Å². The van der Waals surface area contributed by atoms with Crippen molar-refractivity contribution in [3.8, 4) is 5.75 Å². The predicted octanol–water partition coefficient (Wildman–Crippen LogP) is 2.35. The van der Waals surface area contributed by atoms with E-state index in [4.69, 9.17) is 10.2 Å². The molecule has 1 aromatic rings. The molecule has 0 aliphatic rings. The first-order valence-electron chi connectivity index (χ1n) is 4.27. The summed E-state index contributed by atoms with van der Waals surface area (Å²) < 4.78 is 35.8. The number of carbonyl (C=O) groups excluding carboxylic acids is 1. The van der Waals surface area contributed by atoms with Crippen molar-refractivity contribution in [3.05, 3.63) is 22.2 Å². The van der Waals surface area contributed by atoms with E-state index < -0.39 is 35.1 Å². The fourth-order valence-electron chi connectivity index (χ4n) is 1.05. The average molecular weight is 328 g/mol. The lowest BCUT2D eigenvalue weighted by Gasteiger charge is -2.11. The van der Waals surface area contributed by atoms with E-state index in [1.807, 2.05) is 0 Å². The molecule has 9 heteroatoms. The number of amides is 1. The number of phenolic OH excluding ortho intramolecular Hbond substituents is 1. The van der Waals surface area contributed by atoms with Crippen molar-refractivity contribution in [2.45, 2.75) is 6.18 Å². The first-order valence-corrected chi connectivity index (χ1v) is 5.06. The van der Waals surface area contributed by atoms with Crippen LogP contribution in [0.3, 0.4) is 0 Å². The third-order valence-corrected chi connectivity index (χ3v) is 2.65. The van der Waals surface area contributed by atoms with Gasteiger partial charge in [-0.25, -0.2) is 4.79 Å². The number of anilines is 1. The lowest BCUT2D eigenvalue weighted by Crippen LogP contribution is -2.30. The number of hydrogen-bond acceptors (Lipinski definition) is 3. The highest BCUT2D eigenvalue weighted by molar-refractivity contribution is 9.10. The van der Waals surface area contributed by atoms with Crippen LogP contribution in [0.15, 0.2) is 16.6 Å². The first-order chi connectivity index (χ1) is 8.12. The van der Waals surface area contributed by atoms with Crippen LogP contribution in [0.5, 0.6) is 5.75 Å². The lowest BCUT2D eigenvalue weighted by atomic mass is 10.2. The number of carbonyl (C=O) groups is 2. The summed E-state index contributed by atoms with van der Waals surface area (Å²) in [6.07, 6.45) is -5.12. The van der Waals surface area contributed by atoms with Gasteiger partial charge in [0.2, 0.25) is 0 Å². The van der Waals surface area contributed by atoms with Crippen molar-refractivity contribution in [2.75, 3.05) is 5.32 Å². The summed E-state index contributed by atoms with van der Waals surface area (Å²) in [5.41, 5.74) is -0.970. The minimum atomic E-state index is -5.12. The second kappa shape index (κ2) is 4.84. The van der Waals surface area contributed by atoms with E-state index in [1.165, 1.54) is 5.32 Å². The Hall–Kier alpha value is -1.77. The molecule has 0 aliphatic heterocycles. The van der Waals surface area contributed by atoms with Crippen molar-refractivity contribution in [1.29, 1.82) is 0 Å². The highest BCUT2D eigenvalue weighted by Crippen LogP contribution is 2.32. The fraction of sp³-hybridized carbons (Fsp3) is 0.111. The van der Waals surface area contributed by atoms with Crippen molar-refractivity contribution >= 4 is 33.5 Å². The molecule has 98 valence electrons. The van der Waals surface area contributed by atoms with Crippen LogP contribution in [0.25, 0.3) is 0 Å². The largest absolute Gasteiger partial charge is 0.508 e. The van der Waals surface area contributed by atoms with Gasteiger partial charge in [-0.05, 0) is 22.0 Å². The van der Waals surface area contributed by atoms with Gasteiger partial charge in [0.1, 0.15) is 5.75 Å². The van der Waals surface area contributed by atoms with E-state index in [0.717, 1.165) is 12.1 Å². The molecule has 0 radical (unpaired) electrons. The Morgan fingerprint density at radius 3 is 2.28 bits per heavy atom. The normalized spacial score (nSPS) is 11.1. The van der Waals surface area contributed by atoms with Crippen LogP contribution in [0.1, 0.15) is 10.4 Å². The summed E-state index contributed by atoms with van der Waals surface area (Å²) in [7, 11) is 0. The van der Waals surface area contributed by atoms with Crippen molar-refractivity contribution in [2.24, 2.45) is 0 Å². The number of aromatic hydroxyl groups is 1. The third-order valence-electron chi connectivity index (χ3n) is 1.79. The highest BCUT2D eigenvalue weighted by atomic mass is 79.9. The topological polar surface area (TPSA) is 86.6 Å². The summed E-state index contributed by atoms with van der Waals surface area (Å²) in [4.78, 5) is 21.4. The van der Waals surface area contributed by atoms with E-state index in [1.54, 1.807) is 0 Å². The molecule has 1 rings (SSSR count). The monoisotopic (exact) mass is 327 g/mol. The standard InChI is InChI=1S/C9H5BrF3NO4/c10-6-4(7(16)17)1-3(15)2-5(6)14-8(18)9(11,12)13/h1-2,15H,(H,14,18)(H,16,17). The van der Waals surface area contributed by atoms with Crippen molar-refractivity contribution < 1.29 is 33.0 Å². The number of alkyl halides is 3. The summed E-state index contributed by atoms with van der Waals surface area (Å²) in [6.45, 7) is 0. The van der Waals surface area contributed by atoms with Gasteiger partial charge in [-0.3, -0.25) is 4.79 Å². The molecule has 5 nitrogen and oxygen atoms in total. The number of halogens is 4. The Morgan fingerprint density at radius 2 is 1.83 bits per heavy atom. The molecule has 18 heavy (non-hydrogen) atoms. The summed E-state index contributed by atoms with van der Waals surface area (Å²) in [5.74, 6) is -4.33. The van der Waals surface area contributed by atoms with Crippen LogP contribution in [-0.2, 0) is 4.79 Å². The molecule has 3 N–H and O–H groups in total. The number of nitrogens with one attached hydrogen (secondary N) is 1. The lowest BCUT2D eigenvalue weighted by molar-refractivity contribution is -0.167. The van der Waals surface area contributed by atoms with Gasteiger partial charge in [0.25, 0.3) is 0 Å². The van der Waals surface area contributed by atoms with Crippen molar-refractivity contribution in [1.82, 2.24) is 0 Å². The van der Waals surface area contributed by atoms with Gasteiger partial charge in [0, 0.05) is 6.07 Å². The molecule has 0 atom stereocenters. The molecule has 1 amide bonds. The van der Waals surface area contributed by atoms with Gasteiger partial charge in [-0.15, -0.1) is 0 Å². The Balaban J connectivity index is 3.18. The van der Waals surface area contributed by atoms with Crippen LogP contribution in [0.4, 0.5) is 18.9 Å². The van der Waals surface area contributed by atoms with E-state index in [0.29, 0.717) is 0 Å². The molecule has 0 aliphatic carbocycles. The Morgan fingerprint density at radius 1 is 1.28 bits per heavy atom. The first kappa shape index (κ1) is 14.3. The highest BCUT2D eigenvalue weighted by Gasteiger charge is 2.39. The summed E-state index contributed by atoms with van der Waals surface area (Å²) in [6, 6.07) is 1.62. The fourth-order valence-corrected chi connectivity index (χ4v) is 1.55. The number of rotatable bonds is 2. The minimum absolute atomic E-state index is 0.273. The number of carboxylic acids is 1. The van der Waals surface area contributed by atoms with E-state index in [9.17, 15) is 22.8 Å². The molecule has 0 fully saturated rings. The second-order valence-corrected chi connectivity index (χ2v) is 3.90. The molecule has 0 spiro atoms. The molecule has 1 aromatic carbocycles. The van der Waals surface area contributed by atoms with E-state index >= 15 is 0 Å². The molecule has 0 bridgehead atoms. The zero-order valence-corrected chi connectivity index (χ0v) is 9.96. The van der Waals surface area contributed by atoms with Gasteiger partial charge in [0.05, 0.1) is 15.7 Å². The molecule has 0 heterocycles.